The van der Waals surface area contributed by atoms with Gasteiger partial charge in [0.25, 0.3) is 6.47 Å². The largest absolute Gasteiger partial charge is 0.483 e. The van der Waals surface area contributed by atoms with Crippen LogP contribution in [-0.2, 0) is 4.79 Å². The molecule has 0 saturated heterocycles. The zero-order chi connectivity index (χ0) is 19.6. The third kappa shape index (κ3) is 3.33. The topological polar surface area (TPSA) is 104 Å². The summed E-state index contributed by atoms with van der Waals surface area (Å²) in [7, 11) is 0. The van der Waals surface area contributed by atoms with E-state index in [1.807, 2.05) is 11.5 Å². The van der Waals surface area contributed by atoms with Gasteiger partial charge in [-0.25, -0.2) is 18.7 Å². The van der Waals surface area contributed by atoms with E-state index in [0.717, 1.165) is 18.2 Å². The Balaban J connectivity index is 0.000000659. The summed E-state index contributed by atoms with van der Waals surface area (Å²) in [4.78, 5) is 20.0. The van der Waals surface area contributed by atoms with Gasteiger partial charge in [0.2, 0.25) is 0 Å². The lowest BCUT2D eigenvalue weighted by molar-refractivity contribution is -0.122. The van der Waals surface area contributed by atoms with Crippen molar-refractivity contribution in [3.63, 3.8) is 0 Å². The van der Waals surface area contributed by atoms with Gasteiger partial charge in [-0.2, -0.15) is 0 Å². The Kier molecular flexibility index (Phi) is 5.31. The molecule has 7 nitrogen and oxygen atoms in total. The molecule has 142 valence electrons. The molecule has 1 aliphatic rings. The van der Waals surface area contributed by atoms with Crippen molar-refractivity contribution in [3.05, 3.63) is 48.2 Å². The Labute approximate surface area is 153 Å². The number of aromatic amines is 1. The van der Waals surface area contributed by atoms with Crippen molar-refractivity contribution in [1.29, 1.82) is 0 Å². The van der Waals surface area contributed by atoms with Crippen LogP contribution < -0.4 is 0 Å². The highest BCUT2D eigenvalue weighted by molar-refractivity contribution is 5.78. The van der Waals surface area contributed by atoms with Crippen LogP contribution in [0.25, 0.3) is 22.6 Å². The smallest absolute Gasteiger partial charge is 0.290 e. The molecule has 9 heteroatoms. The van der Waals surface area contributed by atoms with Gasteiger partial charge in [-0.05, 0) is 31.9 Å². The highest BCUT2D eigenvalue weighted by atomic mass is 19.2. The number of halogens is 2. The normalized spacial score (nSPS) is 18.4. The highest BCUT2D eigenvalue weighted by Gasteiger charge is 2.34. The number of hydrogen-bond acceptors (Lipinski definition) is 4. The predicted octanol–water partition coefficient (Wildman–Crippen LogP) is 2.92. The lowest BCUT2D eigenvalue weighted by Crippen LogP contribution is -2.33. The van der Waals surface area contributed by atoms with Gasteiger partial charge in [0, 0.05) is 11.3 Å². The van der Waals surface area contributed by atoms with Crippen molar-refractivity contribution in [2.24, 2.45) is 0 Å². The van der Waals surface area contributed by atoms with E-state index in [0.29, 0.717) is 23.5 Å². The maximum absolute atomic E-state index is 14.3. The molecule has 0 bridgehead atoms. The van der Waals surface area contributed by atoms with Crippen LogP contribution >= 0.6 is 0 Å². The minimum absolute atomic E-state index is 0.0833. The lowest BCUT2D eigenvalue weighted by Gasteiger charge is -2.34. The Morgan fingerprint density at radius 3 is 2.56 bits per heavy atom. The first-order valence-corrected chi connectivity index (χ1v) is 8.27. The zero-order valence-electron chi connectivity index (χ0n) is 14.4. The number of benzene rings is 1. The van der Waals surface area contributed by atoms with Gasteiger partial charge < -0.3 is 19.8 Å². The average Bonchev–Trinajstić information content (AvgIpc) is 3.23. The molecular weight excluding hydrogens is 358 g/mol. The summed E-state index contributed by atoms with van der Waals surface area (Å²) in [6.07, 6.45) is 4.16. The van der Waals surface area contributed by atoms with Gasteiger partial charge in [0.15, 0.2) is 11.6 Å². The van der Waals surface area contributed by atoms with Crippen LogP contribution in [-0.4, -0.2) is 42.3 Å². The molecule has 4 rings (SSSR count). The van der Waals surface area contributed by atoms with Crippen molar-refractivity contribution in [3.8, 4) is 22.6 Å². The second-order valence-corrected chi connectivity index (χ2v) is 6.14. The molecule has 0 aliphatic heterocycles. The SMILES string of the molecule is Cc1[nH]cnc1-c1c(-c2cccc(F)c2F)ncn1[C@H]1CC[C@H]1O.O=CO. The monoisotopic (exact) mass is 376 g/mol. The number of rotatable bonds is 3. The van der Waals surface area contributed by atoms with Gasteiger partial charge >= 0.3 is 0 Å². The summed E-state index contributed by atoms with van der Waals surface area (Å²) < 4.78 is 29.8. The van der Waals surface area contributed by atoms with Crippen LogP contribution in [0, 0.1) is 18.6 Å². The first kappa shape index (κ1) is 18.7. The fraction of sp³-hybridized carbons (Fsp3) is 0.278. The number of carbonyl (C=O) groups is 1. The summed E-state index contributed by atoms with van der Waals surface area (Å²) in [5.41, 5.74) is 2.40. The number of nitrogens with one attached hydrogen (secondary N) is 1. The molecule has 0 radical (unpaired) electrons. The molecule has 3 aromatic rings. The predicted molar refractivity (Wildman–Crippen MR) is 92.9 cm³/mol. The van der Waals surface area contributed by atoms with Crippen molar-refractivity contribution in [2.45, 2.75) is 31.9 Å². The van der Waals surface area contributed by atoms with E-state index < -0.39 is 17.7 Å². The number of aryl methyl sites for hydroxylation is 1. The second kappa shape index (κ2) is 7.67. The number of carboxylic acid groups (broad SMARTS) is 1. The van der Waals surface area contributed by atoms with Gasteiger partial charge in [-0.3, -0.25) is 4.79 Å². The third-order valence-corrected chi connectivity index (χ3v) is 4.61. The first-order valence-electron chi connectivity index (χ1n) is 8.27. The number of aliphatic hydroxyl groups excluding tert-OH is 1. The molecule has 1 aliphatic carbocycles. The highest BCUT2D eigenvalue weighted by Crippen LogP contribution is 2.40. The number of nitrogens with zero attached hydrogens (tertiary/aromatic N) is 3. The number of H-pyrrole nitrogens is 1. The van der Waals surface area contributed by atoms with E-state index in [1.165, 1.54) is 12.1 Å². The minimum Gasteiger partial charge on any atom is -0.483 e. The molecule has 0 amide bonds. The quantitative estimate of drug-likeness (QED) is 0.610. The van der Waals surface area contributed by atoms with Gasteiger partial charge in [-0.15, -0.1) is 0 Å². The maximum Gasteiger partial charge on any atom is 0.290 e. The average molecular weight is 376 g/mol. The van der Waals surface area contributed by atoms with Crippen LogP contribution in [0.4, 0.5) is 8.78 Å². The summed E-state index contributed by atoms with van der Waals surface area (Å²) >= 11 is 0. The molecule has 0 unspecified atom stereocenters. The van der Waals surface area contributed by atoms with Crippen LogP contribution in [0.1, 0.15) is 24.6 Å². The third-order valence-electron chi connectivity index (χ3n) is 4.61. The fourth-order valence-electron chi connectivity index (χ4n) is 3.12. The van der Waals surface area contributed by atoms with Crippen molar-refractivity contribution in [2.75, 3.05) is 0 Å². The zero-order valence-corrected chi connectivity index (χ0v) is 14.4. The Morgan fingerprint density at radius 1 is 1.26 bits per heavy atom. The van der Waals surface area contributed by atoms with Crippen LogP contribution in [0.3, 0.4) is 0 Å². The maximum atomic E-state index is 14.3. The Bertz CT molecular complexity index is 954. The van der Waals surface area contributed by atoms with Crippen molar-refractivity contribution in [1.82, 2.24) is 19.5 Å². The van der Waals surface area contributed by atoms with E-state index in [9.17, 15) is 13.9 Å². The number of aliphatic hydroxyl groups is 1. The summed E-state index contributed by atoms with van der Waals surface area (Å²) in [6, 6.07) is 3.89. The second-order valence-electron chi connectivity index (χ2n) is 6.14. The molecule has 2 aromatic heterocycles. The molecule has 1 fully saturated rings. The van der Waals surface area contributed by atoms with Crippen LogP contribution in [0.5, 0.6) is 0 Å². The van der Waals surface area contributed by atoms with Gasteiger partial charge in [0.05, 0.1) is 30.5 Å². The van der Waals surface area contributed by atoms with E-state index in [2.05, 4.69) is 15.0 Å². The van der Waals surface area contributed by atoms with Crippen molar-refractivity contribution < 1.29 is 23.8 Å². The minimum atomic E-state index is -0.939. The molecule has 0 spiro atoms. The van der Waals surface area contributed by atoms with Crippen LogP contribution in [0.2, 0.25) is 0 Å². The van der Waals surface area contributed by atoms with Crippen LogP contribution in [0.15, 0.2) is 30.9 Å². The van der Waals surface area contributed by atoms with E-state index in [4.69, 9.17) is 9.90 Å². The van der Waals surface area contributed by atoms with Crippen molar-refractivity contribution >= 4 is 6.47 Å². The molecular formula is C18H18F2N4O3. The Morgan fingerprint density at radius 2 is 2.00 bits per heavy atom. The Hall–Kier alpha value is -3.07. The molecule has 2 atom stereocenters. The van der Waals surface area contributed by atoms with Gasteiger partial charge in [-0.1, -0.05) is 6.07 Å². The number of hydrogen-bond donors (Lipinski definition) is 3. The molecule has 3 N–H and O–H groups in total. The van der Waals surface area contributed by atoms with E-state index >= 15 is 0 Å². The standard InChI is InChI=1S/C17H16F2N4O.CH2O2/c1-9-15(21-7-20-9)17-16(10-3-2-4-11(18)14(10)19)22-8-23(17)12-5-6-13(12)24;2-1-3/h2-4,7-8,12-13,24H,5-6H2,1H3,(H,20,21);1H,(H,2,3)/t12-,13+;/m0./s1. The molecule has 1 saturated carbocycles. The fourth-order valence-corrected chi connectivity index (χ4v) is 3.12. The van der Waals surface area contributed by atoms with E-state index in [1.54, 1.807) is 12.7 Å². The summed E-state index contributed by atoms with van der Waals surface area (Å²) in [5.74, 6) is -1.86. The van der Waals surface area contributed by atoms with Gasteiger partial charge in [0.1, 0.15) is 11.4 Å². The molecule has 2 heterocycles. The first-order chi connectivity index (χ1) is 13.0. The number of aromatic nitrogens is 4. The molecule has 1 aromatic carbocycles. The summed E-state index contributed by atoms with van der Waals surface area (Å²) in [5, 5.41) is 16.9. The lowest BCUT2D eigenvalue weighted by atomic mass is 9.88. The number of imidazole rings is 2. The molecule has 27 heavy (non-hydrogen) atoms. The van der Waals surface area contributed by atoms with E-state index in [-0.39, 0.29) is 18.1 Å². The summed E-state index contributed by atoms with van der Waals surface area (Å²) in [6.45, 7) is 1.60.